The number of nitrogens with zero attached hydrogens (tertiary/aromatic N) is 2. The fourth-order valence-corrected chi connectivity index (χ4v) is 3.88. The van der Waals surface area contributed by atoms with Crippen LogP contribution in [0.4, 0.5) is 5.69 Å². The number of hydrogen-bond acceptors (Lipinski definition) is 5. The molecule has 1 aromatic carbocycles. The van der Waals surface area contributed by atoms with Crippen molar-refractivity contribution in [3.63, 3.8) is 0 Å². The fourth-order valence-electron chi connectivity index (χ4n) is 3.70. The maximum absolute atomic E-state index is 5.37. The molecule has 28 heavy (non-hydrogen) atoms. The number of rotatable bonds is 15. The molecular weight excluding hydrogens is 366 g/mol. The zero-order valence-corrected chi connectivity index (χ0v) is 18.5. The maximum Gasteiger partial charge on any atom is 0.150 e. The van der Waals surface area contributed by atoms with Gasteiger partial charge in [0, 0.05) is 23.5 Å². The average Bonchev–Trinajstić information content (AvgIpc) is 3.15. The highest BCUT2D eigenvalue weighted by Crippen LogP contribution is 2.26. The van der Waals surface area contributed by atoms with Crippen molar-refractivity contribution >= 4 is 29.1 Å². The molecule has 5 heteroatoms. The lowest BCUT2D eigenvalue weighted by Crippen LogP contribution is -2.41. The topological polar surface area (TPSA) is 36.9 Å². The summed E-state index contributed by atoms with van der Waals surface area (Å²) in [6.45, 7) is 2.28. The van der Waals surface area contributed by atoms with Crippen molar-refractivity contribution in [3.8, 4) is 5.75 Å². The van der Waals surface area contributed by atoms with Crippen LogP contribution in [0.3, 0.4) is 0 Å². The van der Waals surface area contributed by atoms with Crippen molar-refractivity contribution in [2.45, 2.75) is 90.1 Å². The van der Waals surface area contributed by atoms with Gasteiger partial charge in [0.25, 0.3) is 0 Å². The minimum Gasteiger partial charge on any atom is -0.497 e. The fraction of sp³-hybridized carbons (Fsp3) is 0.652. The lowest BCUT2D eigenvalue weighted by molar-refractivity contribution is 0.415. The van der Waals surface area contributed by atoms with Gasteiger partial charge in [-0.3, -0.25) is 5.43 Å². The molecule has 0 spiro atoms. The van der Waals surface area contributed by atoms with E-state index in [2.05, 4.69) is 28.4 Å². The smallest absolute Gasteiger partial charge is 0.150 e. The van der Waals surface area contributed by atoms with Gasteiger partial charge in [-0.15, -0.1) is 0 Å². The summed E-state index contributed by atoms with van der Waals surface area (Å²) in [4.78, 5) is 2.19. The largest absolute Gasteiger partial charge is 0.497 e. The van der Waals surface area contributed by atoms with E-state index in [4.69, 9.17) is 17.0 Å². The third-order valence-corrected chi connectivity index (χ3v) is 5.60. The number of unbranched alkanes of at least 4 members (excludes halogenated alkanes) is 10. The van der Waals surface area contributed by atoms with Crippen LogP contribution in [-0.2, 0) is 0 Å². The Kier molecular flexibility index (Phi) is 11.0. The van der Waals surface area contributed by atoms with E-state index in [1.54, 1.807) is 12.5 Å². The quantitative estimate of drug-likeness (QED) is 0.270. The second kappa shape index (κ2) is 13.5. The Bertz CT molecular complexity index is 605. The van der Waals surface area contributed by atoms with Gasteiger partial charge in [0.1, 0.15) is 17.8 Å². The molecule has 1 aliphatic heterocycles. The summed E-state index contributed by atoms with van der Waals surface area (Å²) < 4.78 is 5.37. The number of ether oxygens (including phenoxy) is 1. The predicted molar refractivity (Wildman–Crippen MR) is 125 cm³/mol. The Morgan fingerprint density at radius 1 is 1.04 bits per heavy atom. The van der Waals surface area contributed by atoms with Crippen molar-refractivity contribution in [2.75, 3.05) is 12.0 Å². The summed E-state index contributed by atoms with van der Waals surface area (Å²) in [5.41, 5.74) is 4.21. The monoisotopic (exact) mass is 403 g/mol. The van der Waals surface area contributed by atoms with Gasteiger partial charge in [0.15, 0.2) is 0 Å². The van der Waals surface area contributed by atoms with Crippen molar-refractivity contribution in [1.82, 2.24) is 5.43 Å². The molecule has 1 aromatic rings. The number of thiocarbonyl (C=S) groups is 1. The molecule has 0 amide bonds. The molecule has 0 aromatic heterocycles. The van der Waals surface area contributed by atoms with Gasteiger partial charge in [0.05, 0.1) is 7.11 Å². The van der Waals surface area contributed by atoms with Crippen molar-refractivity contribution in [2.24, 2.45) is 5.10 Å². The molecule has 0 bridgehead atoms. The minimum absolute atomic E-state index is 0.0650. The highest BCUT2D eigenvalue weighted by atomic mass is 32.1. The molecule has 0 fully saturated rings. The molecule has 1 N–H and O–H groups in total. The van der Waals surface area contributed by atoms with E-state index in [9.17, 15) is 0 Å². The number of benzene rings is 1. The number of hydrogen-bond donors (Lipinski definition) is 1. The average molecular weight is 404 g/mol. The number of nitrogens with one attached hydrogen (secondary N) is 1. The SMILES string of the molecule is CCCCCCCCCCCCCC1=NNC(C=S)N1c1cccc(OC)c1. The van der Waals surface area contributed by atoms with Crippen molar-refractivity contribution in [3.05, 3.63) is 24.3 Å². The summed E-state index contributed by atoms with van der Waals surface area (Å²) in [6.07, 6.45) is 15.8. The first-order valence-electron chi connectivity index (χ1n) is 11.0. The maximum atomic E-state index is 5.37. The first kappa shape index (κ1) is 22.7. The minimum atomic E-state index is -0.0650. The predicted octanol–water partition coefficient (Wildman–Crippen LogP) is 6.45. The van der Waals surface area contributed by atoms with Gasteiger partial charge in [-0.25, -0.2) is 0 Å². The zero-order valence-electron chi connectivity index (χ0n) is 17.7. The van der Waals surface area contributed by atoms with Gasteiger partial charge in [0.2, 0.25) is 0 Å². The summed E-state index contributed by atoms with van der Waals surface area (Å²) in [5.74, 6) is 1.91. The summed E-state index contributed by atoms with van der Waals surface area (Å²) in [5, 5.41) is 6.27. The molecule has 1 aliphatic rings. The molecule has 4 nitrogen and oxygen atoms in total. The lowest BCUT2D eigenvalue weighted by Gasteiger charge is -2.25. The Hall–Kier alpha value is -1.62. The van der Waals surface area contributed by atoms with E-state index in [1.807, 2.05) is 18.2 Å². The first-order valence-corrected chi connectivity index (χ1v) is 11.5. The van der Waals surface area contributed by atoms with Crippen LogP contribution in [0, 0.1) is 0 Å². The number of methoxy groups -OCH3 is 1. The highest BCUT2D eigenvalue weighted by molar-refractivity contribution is 7.79. The second-order valence-electron chi connectivity index (χ2n) is 7.60. The molecule has 0 saturated heterocycles. The van der Waals surface area contributed by atoms with Gasteiger partial charge in [-0.1, -0.05) is 89.4 Å². The lowest BCUT2D eigenvalue weighted by atomic mass is 10.0. The molecule has 0 aliphatic carbocycles. The van der Waals surface area contributed by atoms with E-state index in [0.29, 0.717) is 0 Å². The second-order valence-corrected chi connectivity index (χ2v) is 7.87. The molecule has 156 valence electrons. The van der Waals surface area contributed by atoms with Crippen LogP contribution in [0.15, 0.2) is 29.4 Å². The molecule has 1 atom stereocenters. The number of amidine groups is 1. The van der Waals surface area contributed by atoms with E-state index < -0.39 is 0 Å². The molecule has 0 radical (unpaired) electrons. The molecule has 1 unspecified atom stereocenters. The van der Waals surface area contributed by atoms with Crippen molar-refractivity contribution in [1.29, 1.82) is 0 Å². The normalized spacial score (nSPS) is 16.0. The molecule has 1 heterocycles. The van der Waals surface area contributed by atoms with E-state index in [1.165, 1.54) is 70.6 Å². The first-order chi connectivity index (χ1) is 13.8. The van der Waals surface area contributed by atoms with Gasteiger partial charge in [-0.05, 0) is 18.6 Å². The zero-order chi connectivity index (χ0) is 20.0. The van der Waals surface area contributed by atoms with Crippen LogP contribution in [0.5, 0.6) is 5.75 Å². The standard InChI is InChI=1S/C23H37N3OS/c1-3-4-5-6-7-8-9-10-11-12-13-17-22-24-25-23(19-28)26(22)20-15-14-16-21(18-20)27-2/h14-16,18-19,23,25H,3-13,17H2,1-2H3. The Balaban J connectivity index is 1.67. The van der Waals surface area contributed by atoms with E-state index in [0.717, 1.165) is 23.7 Å². The Labute approximate surface area is 176 Å². The van der Waals surface area contributed by atoms with Crippen LogP contribution in [0.25, 0.3) is 0 Å². The van der Waals surface area contributed by atoms with Gasteiger partial charge >= 0.3 is 0 Å². The van der Waals surface area contributed by atoms with Crippen LogP contribution in [0.2, 0.25) is 0 Å². The number of hydrazone groups is 1. The highest BCUT2D eigenvalue weighted by Gasteiger charge is 2.27. The Morgan fingerprint density at radius 2 is 1.68 bits per heavy atom. The third-order valence-electron chi connectivity index (χ3n) is 5.35. The van der Waals surface area contributed by atoms with E-state index in [-0.39, 0.29) is 6.17 Å². The molecule has 2 rings (SSSR count). The van der Waals surface area contributed by atoms with Crippen LogP contribution >= 0.6 is 12.2 Å². The van der Waals surface area contributed by atoms with Crippen LogP contribution < -0.4 is 15.1 Å². The van der Waals surface area contributed by atoms with Gasteiger partial charge < -0.3 is 9.64 Å². The van der Waals surface area contributed by atoms with E-state index >= 15 is 0 Å². The van der Waals surface area contributed by atoms with Gasteiger partial charge in [-0.2, -0.15) is 5.10 Å². The van der Waals surface area contributed by atoms with Crippen LogP contribution in [0.1, 0.15) is 84.0 Å². The Morgan fingerprint density at radius 3 is 2.29 bits per heavy atom. The van der Waals surface area contributed by atoms with Crippen molar-refractivity contribution < 1.29 is 4.74 Å². The molecular formula is C23H37N3OS. The summed E-state index contributed by atoms with van der Waals surface area (Å²) in [6, 6.07) is 8.08. The number of anilines is 1. The molecule has 0 saturated carbocycles. The third kappa shape index (κ3) is 7.42. The summed E-state index contributed by atoms with van der Waals surface area (Å²) in [7, 11) is 1.69. The van der Waals surface area contributed by atoms with Crippen LogP contribution in [-0.4, -0.2) is 24.5 Å². The summed E-state index contributed by atoms with van der Waals surface area (Å²) >= 11 is 5.20.